The maximum absolute atomic E-state index is 12.0. The average molecular weight is 414 g/mol. The number of guanidine groups is 1. The molecule has 2 heterocycles. The number of hydrogen-bond donors (Lipinski definition) is 4. The molecule has 0 saturated carbocycles. The predicted molar refractivity (Wildman–Crippen MR) is 110 cm³/mol. The Bertz CT molecular complexity index is 1350. The number of hydrogen-bond acceptors (Lipinski definition) is 6. The van der Waals surface area contributed by atoms with Gasteiger partial charge in [-0.15, -0.1) is 15.7 Å². The monoisotopic (exact) mass is 414 g/mol. The Morgan fingerprint density at radius 1 is 1.18 bits per heavy atom. The highest BCUT2D eigenvalue weighted by Gasteiger charge is 2.14. The van der Waals surface area contributed by atoms with E-state index in [4.69, 9.17) is 11.5 Å². The molecule has 0 aliphatic heterocycles. The molecule has 2 aromatic heterocycles. The zero-order chi connectivity index (χ0) is 19.9. The predicted octanol–water partition coefficient (Wildman–Crippen LogP) is 2.20. The fraction of sp³-hybridized carbons (Fsp3) is 0. The molecule has 6 N–H and O–H groups in total. The van der Waals surface area contributed by atoms with E-state index in [1.54, 1.807) is 5.51 Å². The summed E-state index contributed by atoms with van der Waals surface area (Å²) in [5, 5.41) is 11.1. The number of nitrogens with one attached hydrogen (secondary N) is 1. The highest BCUT2D eigenvalue weighted by molar-refractivity contribution is 7.90. The van der Waals surface area contributed by atoms with E-state index in [-0.39, 0.29) is 10.8 Å². The average Bonchev–Trinajstić information content (AvgIpc) is 3.22. The Morgan fingerprint density at radius 3 is 2.64 bits per heavy atom. The van der Waals surface area contributed by atoms with Gasteiger partial charge < -0.3 is 21.6 Å². The molecule has 0 saturated heterocycles. The molecule has 4 aromatic rings. The minimum Gasteiger partial charge on any atom is -0.494 e. The fourth-order valence-electron chi connectivity index (χ4n) is 2.77. The van der Waals surface area contributed by atoms with Gasteiger partial charge in [0.1, 0.15) is 0 Å². The second-order valence-electron chi connectivity index (χ2n) is 5.82. The molecule has 0 spiro atoms. The van der Waals surface area contributed by atoms with E-state index in [1.165, 1.54) is 41.8 Å². The summed E-state index contributed by atoms with van der Waals surface area (Å²) < 4.78 is 28.1. The van der Waals surface area contributed by atoms with E-state index in [2.05, 4.69) is 19.4 Å². The Hall–Kier alpha value is -3.44. The zero-order valence-corrected chi connectivity index (χ0v) is 15.8. The van der Waals surface area contributed by atoms with Crippen LogP contribution < -0.4 is 11.5 Å². The van der Waals surface area contributed by atoms with Gasteiger partial charge in [0.25, 0.3) is 10.0 Å². The van der Waals surface area contributed by atoms with Crippen LogP contribution in [0.5, 0.6) is 5.88 Å². The molecule has 0 atom stereocenters. The number of aromatic nitrogens is 2. The molecule has 2 aromatic carbocycles. The molecule has 0 bridgehead atoms. The Labute approximate surface area is 163 Å². The van der Waals surface area contributed by atoms with E-state index in [1.807, 2.05) is 12.1 Å². The maximum atomic E-state index is 12.0. The van der Waals surface area contributed by atoms with E-state index in [9.17, 15) is 13.5 Å². The van der Waals surface area contributed by atoms with Crippen molar-refractivity contribution in [3.05, 3.63) is 47.5 Å². The van der Waals surface area contributed by atoms with Crippen LogP contribution in [0, 0.1) is 0 Å². The number of aliphatic imine (C=N–C) groups is 1. The van der Waals surface area contributed by atoms with Gasteiger partial charge >= 0.3 is 0 Å². The summed E-state index contributed by atoms with van der Waals surface area (Å²) in [4.78, 5) is 11.5. The topological polar surface area (TPSA) is 160 Å². The van der Waals surface area contributed by atoms with Crippen molar-refractivity contribution < 1.29 is 13.5 Å². The number of aromatic hydroxyl groups is 1. The Morgan fingerprint density at radius 2 is 1.93 bits per heavy atom. The minimum atomic E-state index is -3.95. The van der Waals surface area contributed by atoms with E-state index >= 15 is 0 Å². The van der Waals surface area contributed by atoms with Gasteiger partial charge in [0.15, 0.2) is 5.88 Å². The molecule has 0 amide bonds. The van der Waals surface area contributed by atoms with Gasteiger partial charge in [0.05, 0.1) is 37.4 Å². The molecule has 0 aliphatic rings. The lowest BCUT2D eigenvalue weighted by Crippen LogP contribution is -2.24. The SMILES string of the molecule is NC(N)=NS(=O)(=O)c1ccc(N=Cc2c(O)[nH]c3ccc4ncsc4c23)cc1. The van der Waals surface area contributed by atoms with E-state index in [0.29, 0.717) is 11.3 Å². The maximum Gasteiger partial charge on any atom is 0.285 e. The van der Waals surface area contributed by atoms with Gasteiger partial charge in [-0.3, -0.25) is 4.99 Å². The van der Waals surface area contributed by atoms with Crippen molar-refractivity contribution in [1.29, 1.82) is 0 Å². The molecule has 0 aliphatic carbocycles. The molecule has 0 radical (unpaired) electrons. The van der Waals surface area contributed by atoms with Gasteiger partial charge in [-0.25, -0.2) is 4.98 Å². The number of nitrogens with zero attached hydrogens (tertiary/aromatic N) is 3. The van der Waals surface area contributed by atoms with Crippen LogP contribution in [0.3, 0.4) is 0 Å². The fourth-order valence-corrected chi connectivity index (χ4v) is 4.49. The second kappa shape index (κ2) is 6.62. The first-order valence-corrected chi connectivity index (χ1v) is 10.2. The third kappa shape index (κ3) is 3.17. The van der Waals surface area contributed by atoms with Gasteiger partial charge in [0, 0.05) is 11.6 Å². The summed E-state index contributed by atoms with van der Waals surface area (Å²) in [7, 11) is -3.95. The van der Waals surface area contributed by atoms with Crippen LogP contribution in [0.4, 0.5) is 5.69 Å². The summed E-state index contributed by atoms with van der Waals surface area (Å²) in [5.74, 6) is -0.544. The van der Waals surface area contributed by atoms with Gasteiger partial charge in [-0.05, 0) is 36.4 Å². The first-order chi connectivity index (χ1) is 13.3. The molecule has 4 rings (SSSR count). The number of aromatic amines is 1. The Balaban J connectivity index is 1.71. The van der Waals surface area contributed by atoms with Crippen molar-refractivity contribution in [2.75, 3.05) is 0 Å². The van der Waals surface area contributed by atoms with Crippen LogP contribution in [-0.2, 0) is 10.0 Å². The minimum absolute atomic E-state index is 0.00777. The third-order valence-corrected chi connectivity index (χ3v) is 6.16. The van der Waals surface area contributed by atoms with Crippen LogP contribution in [0.15, 0.2) is 56.2 Å². The number of thiazole rings is 1. The summed E-state index contributed by atoms with van der Waals surface area (Å²) in [6.45, 7) is 0. The van der Waals surface area contributed by atoms with Gasteiger partial charge in [-0.1, -0.05) is 0 Å². The lowest BCUT2D eigenvalue weighted by Gasteiger charge is -2.00. The van der Waals surface area contributed by atoms with Crippen LogP contribution in [0.2, 0.25) is 0 Å². The lowest BCUT2D eigenvalue weighted by molar-refractivity contribution is 0.457. The van der Waals surface area contributed by atoms with Crippen molar-refractivity contribution in [2.24, 2.45) is 20.9 Å². The first-order valence-electron chi connectivity index (χ1n) is 7.92. The lowest BCUT2D eigenvalue weighted by atomic mass is 10.1. The molecular weight excluding hydrogens is 400 g/mol. The number of sulfonamides is 1. The molecule has 142 valence electrons. The molecule has 9 nitrogen and oxygen atoms in total. The summed E-state index contributed by atoms with van der Waals surface area (Å²) in [5.41, 5.74) is 14.6. The standard InChI is InChI=1S/C17H14N6O3S2/c18-17(19)23-28(25,26)10-3-1-9(2-4-10)20-7-11-14-12(22-16(11)24)5-6-13-15(14)27-8-21-13/h1-8,22,24H,(H4,18,19,23). The van der Waals surface area contributed by atoms with E-state index < -0.39 is 16.0 Å². The quantitative estimate of drug-likeness (QED) is 0.296. The summed E-state index contributed by atoms with van der Waals surface area (Å²) in [6.07, 6.45) is 1.52. The Kier molecular flexibility index (Phi) is 4.24. The first kappa shape index (κ1) is 17.9. The van der Waals surface area contributed by atoms with Crippen molar-refractivity contribution in [2.45, 2.75) is 4.90 Å². The van der Waals surface area contributed by atoms with Gasteiger partial charge in [0.2, 0.25) is 5.96 Å². The zero-order valence-electron chi connectivity index (χ0n) is 14.2. The highest BCUT2D eigenvalue weighted by Crippen LogP contribution is 2.34. The number of fused-ring (bicyclic) bond motifs is 3. The summed E-state index contributed by atoms with van der Waals surface area (Å²) in [6, 6.07) is 9.45. The largest absolute Gasteiger partial charge is 0.494 e. The second-order valence-corrected chi connectivity index (χ2v) is 8.28. The van der Waals surface area contributed by atoms with Crippen molar-refractivity contribution in [3.8, 4) is 5.88 Å². The summed E-state index contributed by atoms with van der Waals surface area (Å²) >= 11 is 1.47. The van der Waals surface area contributed by atoms with Crippen LogP contribution in [-0.4, -0.2) is 35.7 Å². The third-order valence-electron chi connectivity index (χ3n) is 3.98. The smallest absolute Gasteiger partial charge is 0.285 e. The van der Waals surface area contributed by atoms with E-state index in [0.717, 1.165) is 21.1 Å². The molecular formula is C17H14N6O3S2. The van der Waals surface area contributed by atoms with Gasteiger partial charge in [-0.2, -0.15) is 8.42 Å². The van der Waals surface area contributed by atoms with Crippen molar-refractivity contribution >= 4 is 60.3 Å². The van der Waals surface area contributed by atoms with Crippen LogP contribution in [0.25, 0.3) is 21.1 Å². The number of rotatable bonds is 4. The van der Waals surface area contributed by atoms with Crippen LogP contribution >= 0.6 is 11.3 Å². The number of H-pyrrole nitrogens is 1. The van der Waals surface area contributed by atoms with Crippen molar-refractivity contribution in [1.82, 2.24) is 9.97 Å². The van der Waals surface area contributed by atoms with Crippen LogP contribution in [0.1, 0.15) is 5.56 Å². The number of nitrogens with two attached hydrogens (primary N) is 2. The number of benzene rings is 2. The highest BCUT2D eigenvalue weighted by atomic mass is 32.2. The molecule has 0 fully saturated rings. The van der Waals surface area contributed by atoms with Crippen molar-refractivity contribution in [3.63, 3.8) is 0 Å². The molecule has 11 heteroatoms. The molecule has 0 unspecified atom stereocenters. The normalized spacial score (nSPS) is 12.1. The molecule has 28 heavy (non-hydrogen) atoms.